The molecule has 1 aliphatic rings. The van der Waals surface area contributed by atoms with Crippen LogP contribution < -0.4 is 5.73 Å². The Bertz CT molecular complexity index is 193. The minimum atomic E-state index is 0. The molecule has 2 N–H and O–H groups in total. The molecule has 0 aromatic carbocycles. The lowest BCUT2D eigenvalue weighted by atomic mass is 9.87. The van der Waals surface area contributed by atoms with Crippen LogP contribution in [-0.4, -0.2) is 30.9 Å². The minimum absolute atomic E-state index is 0. The summed E-state index contributed by atoms with van der Waals surface area (Å²) in [6.45, 7) is 1.37. The molecule has 0 unspecified atom stereocenters. The van der Waals surface area contributed by atoms with Crippen LogP contribution in [0.1, 0.15) is 44.9 Å². The third-order valence-corrected chi connectivity index (χ3v) is 3.38. The van der Waals surface area contributed by atoms with Gasteiger partial charge >= 0.3 is 0 Å². The fourth-order valence-electron chi connectivity index (χ4n) is 2.29. The van der Waals surface area contributed by atoms with Gasteiger partial charge < -0.3 is 10.6 Å². The maximum Gasteiger partial charge on any atom is 0.223 e. The van der Waals surface area contributed by atoms with E-state index in [4.69, 9.17) is 5.73 Å². The van der Waals surface area contributed by atoms with Gasteiger partial charge in [-0.25, -0.2) is 0 Å². The summed E-state index contributed by atoms with van der Waals surface area (Å²) >= 11 is 0. The maximum absolute atomic E-state index is 11.5. The number of rotatable bonds is 5. The quantitative estimate of drug-likeness (QED) is 0.811. The highest BCUT2D eigenvalue weighted by Gasteiger charge is 2.15. The molecular weight excluding hydrogens is 224 g/mol. The molecule has 1 aliphatic carbocycles. The van der Waals surface area contributed by atoms with Crippen molar-refractivity contribution >= 4 is 18.3 Å². The van der Waals surface area contributed by atoms with Crippen molar-refractivity contribution in [3.63, 3.8) is 0 Å². The van der Waals surface area contributed by atoms with Gasteiger partial charge in [0.05, 0.1) is 0 Å². The summed E-state index contributed by atoms with van der Waals surface area (Å²) in [5.74, 6) is 1.04. The highest BCUT2D eigenvalue weighted by Crippen LogP contribution is 2.26. The first-order valence-electron chi connectivity index (χ1n) is 6.18. The second-order valence-electron chi connectivity index (χ2n) is 4.65. The largest absolute Gasteiger partial charge is 0.346 e. The second-order valence-corrected chi connectivity index (χ2v) is 4.65. The van der Waals surface area contributed by atoms with Crippen LogP contribution in [0.3, 0.4) is 0 Å². The number of amides is 1. The van der Waals surface area contributed by atoms with E-state index in [1.807, 2.05) is 11.9 Å². The molecule has 0 saturated heterocycles. The molecule has 96 valence electrons. The SMILES string of the molecule is CN(CCC1CCCCC1)C(=O)CCN.Cl. The zero-order chi connectivity index (χ0) is 11.1. The highest BCUT2D eigenvalue weighted by atomic mass is 35.5. The molecule has 0 atom stereocenters. The zero-order valence-corrected chi connectivity index (χ0v) is 11.1. The third kappa shape index (κ3) is 5.71. The lowest BCUT2D eigenvalue weighted by molar-refractivity contribution is -0.129. The summed E-state index contributed by atoms with van der Waals surface area (Å²) in [4.78, 5) is 13.3. The topological polar surface area (TPSA) is 46.3 Å². The van der Waals surface area contributed by atoms with E-state index >= 15 is 0 Å². The molecule has 0 spiro atoms. The molecule has 3 nitrogen and oxygen atoms in total. The fourth-order valence-corrected chi connectivity index (χ4v) is 2.29. The van der Waals surface area contributed by atoms with Crippen LogP contribution in [0.2, 0.25) is 0 Å². The van der Waals surface area contributed by atoms with Crippen molar-refractivity contribution in [2.24, 2.45) is 11.7 Å². The molecule has 0 heterocycles. The minimum Gasteiger partial charge on any atom is -0.346 e. The molecule has 1 amide bonds. The Hall–Kier alpha value is -0.280. The van der Waals surface area contributed by atoms with Crippen LogP contribution in [0, 0.1) is 5.92 Å². The first kappa shape index (κ1) is 15.7. The van der Waals surface area contributed by atoms with Crippen molar-refractivity contribution in [2.45, 2.75) is 44.9 Å². The van der Waals surface area contributed by atoms with E-state index in [1.54, 1.807) is 0 Å². The lowest BCUT2D eigenvalue weighted by Gasteiger charge is -2.24. The van der Waals surface area contributed by atoms with E-state index in [1.165, 1.54) is 38.5 Å². The van der Waals surface area contributed by atoms with Gasteiger partial charge in [0, 0.05) is 26.6 Å². The van der Waals surface area contributed by atoms with Crippen LogP contribution >= 0.6 is 12.4 Å². The Morgan fingerprint density at radius 2 is 1.94 bits per heavy atom. The monoisotopic (exact) mass is 248 g/mol. The molecule has 1 saturated carbocycles. The number of hydrogen-bond acceptors (Lipinski definition) is 2. The molecule has 16 heavy (non-hydrogen) atoms. The number of carbonyl (C=O) groups excluding carboxylic acids is 1. The van der Waals surface area contributed by atoms with Crippen molar-refractivity contribution in [1.82, 2.24) is 4.90 Å². The first-order valence-corrected chi connectivity index (χ1v) is 6.18. The van der Waals surface area contributed by atoms with Crippen molar-refractivity contribution < 1.29 is 4.79 Å². The van der Waals surface area contributed by atoms with E-state index < -0.39 is 0 Å². The third-order valence-electron chi connectivity index (χ3n) is 3.38. The zero-order valence-electron chi connectivity index (χ0n) is 10.3. The number of carbonyl (C=O) groups is 1. The van der Waals surface area contributed by atoms with Crippen LogP contribution in [-0.2, 0) is 4.79 Å². The average molecular weight is 249 g/mol. The van der Waals surface area contributed by atoms with Gasteiger partial charge in [0.2, 0.25) is 5.91 Å². The molecule has 1 fully saturated rings. The molecule has 0 radical (unpaired) electrons. The van der Waals surface area contributed by atoms with Crippen molar-refractivity contribution in [3.8, 4) is 0 Å². The number of nitrogens with two attached hydrogens (primary N) is 1. The maximum atomic E-state index is 11.5. The molecular formula is C12H25ClN2O. The van der Waals surface area contributed by atoms with Crippen molar-refractivity contribution in [1.29, 1.82) is 0 Å². The van der Waals surface area contributed by atoms with Crippen LogP contribution in [0.5, 0.6) is 0 Å². The summed E-state index contributed by atoms with van der Waals surface area (Å²) in [6.07, 6.45) is 8.54. The smallest absolute Gasteiger partial charge is 0.223 e. The lowest BCUT2D eigenvalue weighted by Crippen LogP contribution is -2.30. The van der Waals surface area contributed by atoms with Crippen molar-refractivity contribution in [3.05, 3.63) is 0 Å². The van der Waals surface area contributed by atoms with E-state index in [9.17, 15) is 4.79 Å². The van der Waals surface area contributed by atoms with Gasteiger partial charge in [-0.05, 0) is 12.3 Å². The number of halogens is 1. The van der Waals surface area contributed by atoms with Gasteiger partial charge in [0.15, 0.2) is 0 Å². The summed E-state index contributed by atoms with van der Waals surface area (Å²) in [5, 5.41) is 0. The molecule has 4 heteroatoms. The van der Waals surface area contributed by atoms with E-state index in [-0.39, 0.29) is 18.3 Å². The number of nitrogens with zero attached hydrogens (tertiary/aromatic N) is 1. The summed E-state index contributed by atoms with van der Waals surface area (Å²) in [7, 11) is 1.89. The molecule has 1 rings (SSSR count). The van der Waals surface area contributed by atoms with E-state index in [0.717, 1.165) is 12.5 Å². The Morgan fingerprint density at radius 1 is 1.31 bits per heavy atom. The van der Waals surface area contributed by atoms with Gasteiger partial charge in [-0.1, -0.05) is 32.1 Å². The average Bonchev–Trinajstić information content (AvgIpc) is 2.27. The highest BCUT2D eigenvalue weighted by molar-refractivity contribution is 5.85. The summed E-state index contributed by atoms with van der Waals surface area (Å²) < 4.78 is 0. The summed E-state index contributed by atoms with van der Waals surface area (Å²) in [6, 6.07) is 0. The molecule has 0 bridgehead atoms. The molecule has 0 aliphatic heterocycles. The van der Waals surface area contributed by atoms with E-state index in [2.05, 4.69) is 0 Å². The van der Waals surface area contributed by atoms with Gasteiger partial charge in [-0.2, -0.15) is 0 Å². The Kier molecular flexibility index (Phi) is 8.67. The first-order chi connectivity index (χ1) is 7.24. The molecule has 0 aromatic rings. The Morgan fingerprint density at radius 3 is 2.50 bits per heavy atom. The summed E-state index contributed by atoms with van der Waals surface area (Å²) in [5.41, 5.74) is 5.36. The predicted octanol–water partition coefficient (Wildman–Crippen LogP) is 2.19. The van der Waals surface area contributed by atoms with Crippen LogP contribution in [0.15, 0.2) is 0 Å². The van der Waals surface area contributed by atoms with E-state index in [0.29, 0.717) is 13.0 Å². The van der Waals surface area contributed by atoms with Crippen LogP contribution in [0.4, 0.5) is 0 Å². The molecule has 0 aromatic heterocycles. The predicted molar refractivity (Wildman–Crippen MR) is 69.7 cm³/mol. The van der Waals surface area contributed by atoms with Crippen LogP contribution in [0.25, 0.3) is 0 Å². The van der Waals surface area contributed by atoms with Gasteiger partial charge in [-0.3, -0.25) is 4.79 Å². The van der Waals surface area contributed by atoms with Gasteiger partial charge in [0.25, 0.3) is 0 Å². The fraction of sp³-hybridized carbons (Fsp3) is 0.917. The second kappa shape index (κ2) is 8.82. The Balaban J connectivity index is 0.00000225. The normalized spacial score (nSPS) is 16.6. The van der Waals surface area contributed by atoms with Gasteiger partial charge in [-0.15, -0.1) is 12.4 Å². The number of hydrogen-bond donors (Lipinski definition) is 1. The van der Waals surface area contributed by atoms with Gasteiger partial charge in [0.1, 0.15) is 0 Å². The van der Waals surface area contributed by atoms with Crippen molar-refractivity contribution in [2.75, 3.05) is 20.1 Å². The standard InChI is InChI=1S/C12H24N2O.ClH/c1-14(12(15)7-9-13)10-8-11-5-3-2-4-6-11;/h11H,2-10,13H2,1H3;1H. The Labute approximate surface area is 105 Å².